The lowest BCUT2D eigenvalue weighted by molar-refractivity contribution is -0.0613. The molecule has 18 heavy (non-hydrogen) atoms. The van der Waals surface area contributed by atoms with E-state index >= 15 is 0 Å². The molecule has 0 fully saturated rings. The molecule has 1 aromatic carbocycles. The minimum Gasteiger partial charge on any atom is -0.465 e. The highest BCUT2D eigenvalue weighted by Gasteiger charge is 2.12. The van der Waals surface area contributed by atoms with Crippen molar-refractivity contribution >= 4 is 0 Å². The number of ether oxygens (including phenoxy) is 2. The molecule has 3 unspecified atom stereocenters. The van der Waals surface area contributed by atoms with E-state index in [-0.39, 0.29) is 6.29 Å². The van der Waals surface area contributed by atoms with Crippen molar-refractivity contribution < 1.29 is 9.47 Å². The number of rotatable bonds is 7. The van der Waals surface area contributed by atoms with E-state index in [1.807, 2.05) is 26.0 Å². The third kappa shape index (κ3) is 4.34. The predicted molar refractivity (Wildman–Crippen MR) is 76.0 cm³/mol. The van der Waals surface area contributed by atoms with Gasteiger partial charge in [0.05, 0.1) is 0 Å². The molecule has 0 aliphatic rings. The van der Waals surface area contributed by atoms with E-state index in [2.05, 4.69) is 32.9 Å². The van der Waals surface area contributed by atoms with Crippen LogP contribution in [0, 0.1) is 5.92 Å². The van der Waals surface area contributed by atoms with Gasteiger partial charge in [-0.1, -0.05) is 39.3 Å². The third-order valence-electron chi connectivity index (χ3n) is 3.61. The normalized spacial score (nSPS) is 16.1. The summed E-state index contributed by atoms with van der Waals surface area (Å²) in [6.07, 6.45) is 1.02. The van der Waals surface area contributed by atoms with Crippen LogP contribution in [0.3, 0.4) is 0 Å². The summed E-state index contributed by atoms with van der Waals surface area (Å²) in [5.74, 6) is 2.17. The smallest absolute Gasteiger partial charge is 0.196 e. The predicted octanol–water partition coefficient (Wildman–Crippen LogP) is 4.60. The standard InChI is InChI=1S/C16H26O2/c1-6-12(3)13(4)15-8-10-16(11-9-15)18-14(5)17-7-2/h8-14H,6-7H2,1-5H3. The molecule has 0 radical (unpaired) electrons. The summed E-state index contributed by atoms with van der Waals surface area (Å²) < 4.78 is 11.0. The van der Waals surface area contributed by atoms with Gasteiger partial charge in [0, 0.05) is 6.61 Å². The van der Waals surface area contributed by atoms with Gasteiger partial charge in [0.1, 0.15) is 5.75 Å². The van der Waals surface area contributed by atoms with E-state index in [1.165, 1.54) is 12.0 Å². The van der Waals surface area contributed by atoms with Gasteiger partial charge in [-0.2, -0.15) is 0 Å². The summed E-state index contributed by atoms with van der Waals surface area (Å²) in [6, 6.07) is 8.38. The molecule has 2 heteroatoms. The lowest BCUT2D eigenvalue weighted by Gasteiger charge is -2.19. The maximum Gasteiger partial charge on any atom is 0.196 e. The molecule has 0 saturated carbocycles. The molecule has 2 nitrogen and oxygen atoms in total. The molecule has 0 heterocycles. The van der Waals surface area contributed by atoms with Gasteiger partial charge in [-0.25, -0.2) is 0 Å². The summed E-state index contributed by atoms with van der Waals surface area (Å²) in [4.78, 5) is 0. The maximum atomic E-state index is 5.65. The van der Waals surface area contributed by atoms with Crippen LogP contribution in [0.1, 0.15) is 52.5 Å². The zero-order valence-corrected chi connectivity index (χ0v) is 12.3. The Labute approximate surface area is 111 Å². The highest BCUT2D eigenvalue weighted by atomic mass is 16.7. The fourth-order valence-electron chi connectivity index (χ4n) is 1.99. The molecule has 0 N–H and O–H groups in total. The summed E-state index contributed by atoms with van der Waals surface area (Å²) in [6.45, 7) is 11.4. The number of hydrogen-bond acceptors (Lipinski definition) is 2. The minimum atomic E-state index is -0.187. The summed E-state index contributed by atoms with van der Waals surface area (Å²) in [7, 11) is 0. The third-order valence-corrected chi connectivity index (χ3v) is 3.61. The molecule has 0 bridgehead atoms. The van der Waals surface area contributed by atoms with E-state index in [9.17, 15) is 0 Å². The van der Waals surface area contributed by atoms with Crippen LogP contribution in [0.2, 0.25) is 0 Å². The summed E-state index contributed by atoms with van der Waals surface area (Å²) in [5, 5.41) is 0. The van der Waals surface area contributed by atoms with Gasteiger partial charge in [0.15, 0.2) is 6.29 Å². The second-order valence-corrected chi connectivity index (χ2v) is 4.88. The van der Waals surface area contributed by atoms with Gasteiger partial charge >= 0.3 is 0 Å². The van der Waals surface area contributed by atoms with Crippen molar-refractivity contribution in [3.05, 3.63) is 29.8 Å². The van der Waals surface area contributed by atoms with Crippen molar-refractivity contribution in [1.82, 2.24) is 0 Å². The van der Waals surface area contributed by atoms with Crippen LogP contribution in [-0.2, 0) is 4.74 Å². The first-order valence-electron chi connectivity index (χ1n) is 6.96. The molecule has 0 aliphatic carbocycles. The van der Waals surface area contributed by atoms with Gasteiger partial charge in [-0.3, -0.25) is 0 Å². The van der Waals surface area contributed by atoms with Crippen molar-refractivity contribution in [2.75, 3.05) is 6.61 Å². The van der Waals surface area contributed by atoms with Gasteiger partial charge in [0.2, 0.25) is 0 Å². The van der Waals surface area contributed by atoms with E-state index < -0.39 is 0 Å². The zero-order valence-electron chi connectivity index (χ0n) is 12.3. The Morgan fingerprint density at radius 2 is 1.61 bits per heavy atom. The topological polar surface area (TPSA) is 18.5 Å². The summed E-state index contributed by atoms with van der Waals surface area (Å²) in [5.41, 5.74) is 1.38. The van der Waals surface area contributed by atoms with Crippen LogP contribution in [-0.4, -0.2) is 12.9 Å². The molecular formula is C16H26O2. The molecule has 0 spiro atoms. The van der Waals surface area contributed by atoms with Crippen molar-refractivity contribution in [1.29, 1.82) is 0 Å². The number of benzene rings is 1. The maximum absolute atomic E-state index is 5.65. The van der Waals surface area contributed by atoms with Crippen LogP contribution in [0.4, 0.5) is 0 Å². The van der Waals surface area contributed by atoms with E-state index in [0.29, 0.717) is 18.4 Å². The first-order chi connectivity index (χ1) is 8.58. The summed E-state index contributed by atoms with van der Waals surface area (Å²) >= 11 is 0. The first kappa shape index (κ1) is 15.0. The highest BCUT2D eigenvalue weighted by Crippen LogP contribution is 2.27. The zero-order chi connectivity index (χ0) is 13.5. The average molecular weight is 250 g/mol. The molecule has 0 aliphatic heterocycles. The molecule has 1 aromatic rings. The second kappa shape index (κ2) is 7.42. The SMILES string of the molecule is CCOC(C)Oc1ccc(C(C)C(C)CC)cc1. The Hall–Kier alpha value is -1.02. The van der Waals surface area contributed by atoms with Gasteiger partial charge in [0.25, 0.3) is 0 Å². The van der Waals surface area contributed by atoms with Crippen LogP contribution in [0.5, 0.6) is 5.75 Å². The second-order valence-electron chi connectivity index (χ2n) is 4.88. The fourth-order valence-corrected chi connectivity index (χ4v) is 1.99. The Morgan fingerprint density at radius 1 is 1.00 bits per heavy atom. The highest BCUT2D eigenvalue weighted by molar-refractivity contribution is 5.29. The Balaban J connectivity index is 2.62. The molecule has 0 amide bonds. The molecule has 3 atom stereocenters. The lowest BCUT2D eigenvalue weighted by atomic mass is 9.87. The van der Waals surface area contributed by atoms with Crippen molar-refractivity contribution in [2.24, 2.45) is 5.92 Å². The van der Waals surface area contributed by atoms with Crippen LogP contribution >= 0.6 is 0 Å². The lowest BCUT2D eigenvalue weighted by Crippen LogP contribution is -2.15. The Kier molecular flexibility index (Phi) is 6.20. The van der Waals surface area contributed by atoms with E-state index in [1.54, 1.807) is 0 Å². The first-order valence-corrected chi connectivity index (χ1v) is 6.96. The monoisotopic (exact) mass is 250 g/mol. The van der Waals surface area contributed by atoms with Gasteiger partial charge in [-0.05, 0) is 43.4 Å². The van der Waals surface area contributed by atoms with Crippen molar-refractivity contribution in [3.8, 4) is 5.75 Å². The quantitative estimate of drug-likeness (QED) is 0.658. The fraction of sp³-hybridized carbons (Fsp3) is 0.625. The van der Waals surface area contributed by atoms with E-state index in [0.717, 1.165) is 5.75 Å². The minimum absolute atomic E-state index is 0.187. The Morgan fingerprint density at radius 3 is 2.11 bits per heavy atom. The van der Waals surface area contributed by atoms with Crippen LogP contribution in [0.25, 0.3) is 0 Å². The average Bonchev–Trinajstić information content (AvgIpc) is 2.38. The molecule has 1 rings (SSSR count). The van der Waals surface area contributed by atoms with Crippen LogP contribution in [0.15, 0.2) is 24.3 Å². The molecule has 0 aromatic heterocycles. The van der Waals surface area contributed by atoms with Gasteiger partial charge in [-0.15, -0.1) is 0 Å². The van der Waals surface area contributed by atoms with E-state index in [4.69, 9.17) is 9.47 Å². The largest absolute Gasteiger partial charge is 0.465 e. The molecule has 102 valence electrons. The van der Waals surface area contributed by atoms with Crippen molar-refractivity contribution in [2.45, 2.75) is 53.2 Å². The van der Waals surface area contributed by atoms with Crippen LogP contribution < -0.4 is 4.74 Å². The van der Waals surface area contributed by atoms with Gasteiger partial charge < -0.3 is 9.47 Å². The van der Waals surface area contributed by atoms with Crippen molar-refractivity contribution in [3.63, 3.8) is 0 Å². The molecule has 0 saturated heterocycles. The number of hydrogen-bond donors (Lipinski definition) is 0. The molecular weight excluding hydrogens is 224 g/mol. The Bertz CT molecular complexity index is 331.